The third-order valence-electron chi connectivity index (χ3n) is 4.50. The standard InChI is InChI=1S/C17H18N4O4/c22-10-13-5-6-16(25-13)20-8-7-15-18-14(9-21(15)17(20)23)11-1-3-12(19-24)4-2-11/h1-4,7-9,13,16,19,22,24H,5-6,10H2/p+1. The normalized spacial score (nSPS) is 20.4. The first kappa shape index (κ1) is 16.0. The molecule has 0 radical (unpaired) electrons. The van der Waals surface area contributed by atoms with Crippen molar-refractivity contribution in [1.29, 1.82) is 0 Å². The molecular weight excluding hydrogens is 324 g/mol. The molecule has 0 saturated carbocycles. The van der Waals surface area contributed by atoms with E-state index in [9.17, 15) is 9.90 Å². The molecule has 3 heterocycles. The molecule has 2 unspecified atom stereocenters. The lowest BCUT2D eigenvalue weighted by Gasteiger charge is -2.14. The largest absolute Gasteiger partial charge is 0.394 e. The fraction of sp³-hybridized carbons (Fsp3) is 0.294. The van der Waals surface area contributed by atoms with Gasteiger partial charge in [-0.15, -0.1) is 0 Å². The highest BCUT2D eigenvalue weighted by Crippen LogP contribution is 2.27. The number of ether oxygens (including phenoxy) is 1. The van der Waals surface area contributed by atoms with E-state index >= 15 is 0 Å². The van der Waals surface area contributed by atoms with Gasteiger partial charge in [0.2, 0.25) is 0 Å². The third-order valence-corrected chi connectivity index (χ3v) is 4.50. The van der Waals surface area contributed by atoms with E-state index in [-0.39, 0.29) is 24.6 Å². The van der Waals surface area contributed by atoms with Crippen LogP contribution in [0.15, 0.2) is 47.5 Å². The van der Waals surface area contributed by atoms with Gasteiger partial charge in [0.25, 0.3) is 0 Å². The van der Waals surface area contributed by atoms with Crippen molar-refractivity contribution in [1.82, 2.24) is 14.0 Å². The third kappa shape index (κ3) is 2.85. The van der Waals surface area contributed by atoms with Gasteiger partial charge >= 0.3 is 5.69 Å². The molecule has 0 bridgehead atoms. The van der Waals surface area contributed by atoms with Crippen LogP contribution in [0.2, 0.25) is 0 Å². The number of nitrogens with zero attached hydrogens (tertiary/aromatic N) is 3. The molecule has 1 aromatic carbocycles. The Labute approximate surface area is 142 Å². The van der Waals surface area contributed by atoms with Gasteiger partial charge in [-0.3, -0.25) is 8.97 Å². The summed E-state index contributed by atoms with van der Waals surface area (Å²) in [6.45, 7) is -0.0377. The molecule has 3 aromatic rings. The second-order valence-corrected chi connectivity index (χ2v) is 6.08. The topological polar surface area (TPSA) is 106 Å². The second-order valence-electron chi connectivity index (χ2n) is 6.08. The van der Waals surface area contributed by atoms with Crippen LogP contribution in [0.5, 0.6) is 0 Å². The highest BCUT2D eigenvalue weighted by molar-refractivity contribution is 5.63. The maximum Gasteiger partial charge on any atom is 0.336 e. The number of aromatic nitrogens is 3. The van der Waals surface area contributed by atoms with Gasteiger partial charge in [-0.1, -0.05) is 0 Å². The highest BCUT2D eigenvalue weighted by atomic mass is 16.5. The van der Waals surface area contributed by atoms with Crippen LogP contribution in [0.25, 0.3) is 16.9 Å². The number of aliphatic hydroxyl groups is 1. The Kier molecular flexibility index (Phi) is 4.10. The minimum absolute atomic E-state index is 0.0377. The lowest BCUT2D eigenvalue weighted by atomic mass is 10.1. The summed E-state index contributed by atoms with van der Waals surface area (Å²) >= 11 is 0. The van der Waals surface area contributed by atoms with E-state index in [1.54, 1.807) is 30.6 Å². The van der Waals surface area contributed by atoms with Crippen LogP contribution in [0.3, 0.4) is 0 Å². The molecule has 8 nitrogen and oxygen atoms in total. The Morgan fingerprint density at radius 3 is 2.72 bits per heavy atom. The van der Waals surface area contributed by atoms with Crippen molar-refractivity contribution < 1.29 is 20.5 Å². The van der Waals surface area contributed by atoms with Crippen LogP contribution >= 0.6 is 0 Å². The van der Waals surface area contributed by atoms with Gasteiger partial charge in [0.1, 0.15) is 11.9 Å². The summed E-state index contributed by atoms with van der Waals surface area (Å²) in [5.74, 6) is 0. The average Bonchev–Trinajstić information content (AvgIpc) is 3.29. The van der Waals surface area contributed by atoms with Crippen LogP contribution in [-0.2, 0) is 4.74 Å². The maximum absolute atomic E-state index is 12.8. The number of quaternary nitrogens is 1. The first-order valence-corrected chi connectivity index (χ1v) is 8.14. The summed E-state index contributed by atoms with van der Waals surface area (Å²) < 4.78 is 8.73. The zero-order valence-corrected chi connectivity index (χ0v) is 13.4. The monoisotopic (exact) mass is 343 g/mol. The molecule has 0 amide bonds. The fourth-order valence-corrected chi connectivity index (χ4v) is 3.12. The second kappa shape index (κ2) is 6.41. The molecule has 2 aromatic heterocycles. The van der Waals surface area contributed by atoms with E-state index in [2.05, 4.69) is 4.98 Å². The molecule has 1 fully saturated rings. The smallest absolute Gasteiger partial charge is 0.336 e. The van der Waals surface area contributed by atoms with Crippen molar-refractivity contribution in [3.8, 4) is 11.3 Å². The molecular formula is C17H19N4O4+. The Hall–Kier alpha value is -2.52. The predicted molar refractivity (Wildman–Crippen MR) is 88.5 cm³/mol. The van der Waals surface area contributed by atoms with Crippen LogP contribution < -0.4 is 11.2 Å². The average molecular weight is 343 g/mol. The molecule has 8 heteroatoms. The first-order chi connectivity index (χ1) is 12.2. The summed E-state index contributed by atoms with van der Waals surface area (Å²) in [4.78, 5) is 17.3. The van der Waals surface area contributed by atoms with E-state index in [0.717, 1.165) is 17.5 Å². The molecule has 0 spiro atoms. The minimum atomic E-state index is -0.362. The molecule has 1 aliphatic heterocycles. The van der Waals surface area contributed by atoms with Crippen LogP contribution in [-0.4, -0.2) is 37.0 Å². The quantitative estimate of drug-likeness (QED) is 0.470. The molecule has 25 heavy (non-hydrogen) atoms. The van der Waals surface area contributed by atoms with Gasteiger partial charge < -0.3 is 9.84 Å². The number of rotatable bonds is 4. The number of aliphatic hydroxyl groups excluding tert-OH is 1. The number of hydrogen-bond acceptors (Lipinski definition) is 5. The SMILES string of the molecule is O=c1n(C2CCC(CO)O2)ccc2nc(-c3ccc([NH2+]O)cc3)cn12. The molecule has 4 rings (SSSR count). The van der Waals surface area contributed by atoms with Crippen molar-refractivity contribution >= 4 is 11.3 Å². The number of benzene rings is 1. The van der Waals surface area contributed by atoms with E-state index in [4.69, 9.17) is 9.94 Å². The van der Waals surface area contributed by atoms with Gasteiger partial charge in [0.05, 0.1) is 18.4 Å². The van der Waals surface area contributed by atoms with Crippen LogP contribution in [0.1, 0.15) is 19.1 Å². The summed E-state index contributed by atoms with van der Waals surface area (Å²) in [5.41, 5.74) is 3.61. The van der Waals surface area contributed by atoms with Crippen molar-refractivity contribution in [2.45, 2.75) is 25.2 Å². The lowest BCUT2D eigenvalue weighted by Crippen LogP contribution is -2.73. The summed E-state index contributed by atoms with van der Waals surface area (Å²) in [6.07, 6.45) is 4.23. The van der Waals surface area contributed by atoms with Crippen LogP contribution in [0, 0.1) is 0 Å². The first-order valence-electron chi connectivity index (χ1n) is 8.14. The van der Waals surface area contributed by atoms with Crippen molar-refractivity contribution in [3.05, 3.63) is 53.2 Å². The van der Waals surface area contributed by atoms with Gasteiger partial charge in [-0.05, 0) is 31.0 Å². The maximum atomic E-state index is 12.8. The molecule has 2 atom stereocenters. The minimum Gasteiger partial charge on any atom is -0.394 e. The zero-order chi connectivity index (χ0) is 17.4. The summed E-state index contributed by atoms with van der Waals surface area (Å²) in [5, 5.41) is 18.2. The number of hydrogen-bond donors (Lipinski definition) is 3. The molecule has 0 aliphatic carbocycles. The number of fused-ring (bicyclic) bond motifs is 1. The summed E-state index contributed by atoms with van der Waals surface area (Å²) in [6, 6.07) is 9.01. The van der Waals surface area contributed by atoms with Gasteiger partial charge in [-0.2, -0.15) is 5.48 Å². The molecule has 1 saturated heterocycles. The van der Waals surface area contributed by atoms with Gasteiger partial charge in [0, 0.05) is 30.1 Å². The zero-order valence-electron chi connectivity index (χ0n) is 13.4. The van der Waals surface area contributed by atoms with Gasteiger partial charge in [0.15, 0.2) is 5.69 Å². The molecule has 130 valence electrons. The van der Waals surface area contributed by atoms with Crippen molar-refractivity contribution in [2.75, 3.05) is 6.61 Å². The van der Waals surface area contributed by atoms with E-state index < -0.39 is 0 Å². The number of nitrogens with two attached hydrogens (primary N) is 1. The fourth-order valence-electron chi connectivity index (χ4n) is 3.12. The van der Waals surface area contributed by atoms with E-state index in [1.807, 2.05) is 12.1 Å². The van der Waals surface area contributed by atoms with Crippen molar-refractivity contribution in [2.24, 2.45) is 0 Å². The molecule has 4 N–H and O–H groups in total. The van der Waals surface area contributed by atoms with Crippen molar-refractivity contribution in [3.63, 3.8) is 0 Å². The number of imidazole rings is 1. The van der Waals surface area contributed by atoms with E-state index in [0.29, 0.717) is 23.4 Å². The highest BCUT2D eigenvalue weighted by Gasteiger charge is 2.27. The Balaban J connectivity index is 1.71. The van der Waals surface area contributed by atoms with Gasteiger partial charge in [-0.25, -0.2) is 15.0 Å². The summed E-state index contributed by atoms with van der Waals surface area (Å²) in [7, 11) is 0. The lowest BCUT2D eigenvalue weighted by molar-refractivity contribution is -0.825. The molecule has 1 aliphatic rings. The Bertz CT molecular complexity index is 947. The Morgan fingerprint density at radius 2 is 2.04 bits per heavy atom. The predicted octanol–water partition coefficient (Wildman–Crippen LogP) is 0.417. The van der Waals surface area contributed by atoms with Crippen LogP contribution in [0.4, 0.5) is 5.69 Å². The Morgan fingerprint density at radius 1 is 1.24 bits per heavy atom. The van der Waals surface area contributed by atoms with E-state index in [1.165, 1.54) is 8.97 Å².